The number of benzene rings is 3. The highest BCUT2D eigenvalue weighted by atomic mass is 16.5. The van der Waals surface area contributed by atoms with Crippen molar-refractivity contribution in [2.45, 2.75) is 112 Å². The Morgan fingerprint density at radius 1 is 0.930 bits per heavy atom. The van der Waals surface area contributed by atoms with Crippen LogP contribution in [0.25, 0.3) is 21.8 Å². The molecule has 15 nitrogen and oxygen atoms in total. The SMILES string of the molecule is CCOC(=O)[C@H](Cc1c[nH]c2ccccc12)NC(=O)[C@@]1(O)[C@H](O)[C@]2(CC)C=CCN3CC[C@@]4(c5cc([C@@]6(C(=O)OC)C[C@@H]7C[N@](CCc8c6[nH]c6ccccc86)C[C@](O)(CC)C7)c(OC)cc5N(C)[C@@H]14)[C@@H]32. The molecule has 5 aliphatic heterocycles. The molecule has 1 aliphatic carbocycles. The van der Waals surface area contributed by atoms with Crippen molar-refractivity contribution in [3.8, 4) is 5.75 Å². The summed E-state index contributed by atoms with van der Waals surface area (Å²) in [7, 11) is 4.88. The normalized spacial score (nSPS) is 33.3. The van der Waals surface area contributed by atoms with Gasteiger partial charge in [0, 0.05) is 108 Å². The zero-order valence-electron chi connectivity index (χ0n) is 41.7. The van der Waals surface area contributed by atoms with Crippen LogP contribution in [-0.4, -0.2) is 149 Å². The number of aromatic nitrogens is 2. The quantitative estimate of drug-likeness (QED) is 0.0767. The van der Waals surface area contributed by atoms with Gasteiger partial charge < -0.3 is 49.7 Å². The summed E-state index contributed by atoms with van der Waals surface area (Å²) in [5, 5.41) is 44.0. The monoisotopic (exact) mass is 969 g/mol. The van der Waals surface area contributed by atoms with Crippen molar-refractivity contribution >= 4 is 45.3 Å². The van der Waals surface area contributed by atoms with Crippen LogP contribution in [0.3, 0.4) is 0 Å². The number of carbonyl (C=O) groups excluding carboxylic acids is 3. The van der Waals surface area contributed by atoms with Gasteiger partial charge in [0.1, 0.15) is 23.3 Å². The van der Waals surface area contributed by atoms with Crippen molar-refractivity contribution < 1.29 is 43.9 Å². The van der Waals surface area contributed by atoms with Crippen molar-refractivity contribution in [3.05, 3.63) is 107 Å². The molecule has 2 saturated heterocycles. The second-order valence-electron chi connectivity index (χ2n) is 21.5. The van der Waals surface area contributed by atoms with Crippen LogP contribution in [0.4, 0.5) is 5.69 Å². The van der Waals surface area contributed by atoms with Gasteiger partial charge in [-0.05, 0) is 92.8 Å². The molecular weight excluding hydrogens is 901 g/mol. The lowest BCUT2D eigenvalue weighted by Gasteiger charge is -2.63. The number of carbonyl (C=O) groups is 3. The molecule has 11 atom stereocenters. The van der Waals surface area contributed by atoms with Gasteiger partial charge in [-0.25, -0.2) is 4.79 Å². The predicted molar refractivity (Wildman–Crippen MR) is 269 cm³/mol. The highest BCUT2D eigenvalue weighted by Gasteiger charge is 2.79. The number of aliphatic hydroxyl groups excluding tert-OH is 1. The Kier molecular flexibility index (Phi) is 11.5. The third-order valence-electron chi connectivity index (χ3n) is 18.2. The first-order valence-electron chi connectivity index (χ1n) is 25.6. The molecule has 3 fully saturated rings. The molecule has 1 spiro atoms. The zero-order chi connectivity index (χ0) is 49.8. The van der Waals surface area contributed by atoms with Crippen LogP contribution in [0.5, 0.6) is 5.75 Å². The molecule has 7 heterocycles. The van der Waals surface area contributed by atoms with Gasteiger partial charge in [0.25, 0.3) is 5.91 Å². The van der Waals surface area contributed by atoms with E-state index in [1.165, 1.54) is 7.11 Å². The number of para-hydroxylation sites is 2. The fourth-order valence-corrected chi connectivity index (χ4v) is 15.3. The molecule has 11 rings (SSSR count). The fourth-order valence-electron chi connectivity index (χ4n) is 15.3. The molecule has 2 aromatic heterocycles. The minimum absolute atomic E-state index is 0.0716. The highest BCUT2D eigenvalue weighted by molar-refractivity contribution is 5.96. The van der Waals surface area contributed by atoms with Crippen LogP contribution in [0, 0.1) is 11.3 Å². The van der Waals surface area contributed by atoms with E-state index >= 15 is 9.59 Å². The molecule has 71 heavy (non-hydrogen) atoms. The lowest BCUT2D eigenvalue weighted by molar-refractivity contribution is -0.204. The minimum Gasteiger partial charge on any atom is -0.496 e. The molecular formula is C56H68N6O9. The Morgan fingerprint density at radius 3 is 2.42 bits per heavy atom. The Hall–Kier alpha value is -5.71. The van der Waals surface area contributed by atoms with Gasteiger partial charge in [-0.2, -0.15) is 0 Å². The summed E-state index contributed by atoms with van der Waals surface area (Å²) in [6.45, 7) is 8.93. The number of esters is 2. The summed E-state index contributed by atoms with van der Waals surface area (Å²) in [4.78, 5) is 58.9. The molecule has 0 radical (unpaired) electrons. The average molecular weight is 969 g/mol. The number of anilines is 1. The number of amides is 1. The number of fused-ring (bicyclic) bond motifs is 7. The predicted octanol–water partition coefficient (Wildman–Crippen LogP) is 5.02. The van der Waals surface area contributed by atoms with E-state index in [0.29, 0.717) is 88.2 Å². The second kappa shape index (κ2) is 17.2. The van der Waals surface area contributed by atoms with Crippen LogP contribution in [0.15, 0.2) is 79.0 Å². The number of nitrogens with one attached hydrogen (secondary N) is 3. The van der Waals surface area contributed by atoms with E-state index in [1.54, 1.807) is 14.0 Å². The number of hydrogen-bond acceptors (Lipinski definition) is 12. The van der Waals surface area contributed by atoms with E-state index < -0.39 is 63.5 Å². The van der Waals surface area contributed by atoms with Crippen LogP contribution >= 0.6 is 0 Å². The van der Waals surface area contributed by atoms with E-state index in [2.05, 4.69) is 37.2 Å². The first-order chi connectivity index (χ1) is 34.2. The van der Waals surface area contributed by atoms with Gasteiger partial charge in [0.15, 0.2) is 5.60 Å². The maximum atomic E-state index is 15.7. The van der Waals surface area contributed by atoms with E-state index in [4.69, 9.17) is 14.2 Å². The first-order valence-corrected chi connectivity index (χ1v) is 25.6. The van der Waals surface area contributed by atoms with Crippen molar-refractivity contribution in [3.63, 3.8) is 0 Å². The molecule has 2 bridgehead atoms. The molecule has 1 amide bonds. The van der Waals surface area contributed by atoms with Gasteiger partial charge >= 0.3 is 11.9 Å². The van der Waals surface area contributed by atoms with Crippen molar-refractivity contribution in [1.29, 1.82) is 0 Å². The highest BCUT2D eigenvalue weighted by Crippen LogP contribution is 2.67. The van der Waals surface area contributed by atoms with Crippen LogP contribution in [0.1, 0.15) is 80.8 Å². The molecule has 6 N–H and O–H groups in total. The number of H-pyrrole nitrogens is 2. The number of nitrogens with zero attached hydrogens (tertiary/aromatic N) is 3. The number of aromatic amines is 2. The third-order valence-corrected chi connectivity index (χ3v) is 18.2. The van der Waals surface area contributed by atoms with Crippen molar-refractivity contribution in [2.24, 2.45) is 11.3 Å². The van der Waals surface area contributed by atoms with Gasteiger partial charge in [-0.15, -0.1) is 0 Å². The number of methoxy groups -OCH3 is 2. The van der Waals surface area contributed by atoms with E-state index in [-0.39, 0.29) is 25.0 Å². The summed E-state index contributed by atoms with van der Waals surface area (Å²) in [6, 6.07) is 17.2. The summed E-state index contributed by atoms with van der Waals surface area (Å²) in [5.74, 6) is -1.70. The van der Waals surface area contributed by atoms with Crippen molar-refractivity contribution in [2.75, 3.05) is 65.5 Å². The second-order valence-corrected chi connectivity index (χ2v) is 21.5. The summed E-state index contributed by atoms with van der Waals surface area (Å²) in [6.07, 6.45) is 7.17. The topological polar surface area (TPSA) is 193 Å². The Morgan fingerprint density at radius 2 is 1.69 bits per heavy atom. The largest absolute Gasteiger partial charge is 0.496 e. The lowest BCUT2D eigenvalue weighted by atomic mass is 9.47. The zero-order valence-corrected chi connectivity index (χ0v) is 41.7. The maximum absolute atomic E-state index is 15.7. The number of hydrogen-bond donors (Lipinski definition) is 6. The number of aliphatic hydroxyl groups is 3. The summed E-state index contributed by atoms with van der Waals surface area (Å²) in [5.41, 5.74) is -0.692. The van der Waals surface area contributed by atoms with Gasteiger partial charge in [0.05, 0.1) is 32.5 Å². The Bertz CT molecular complexity index is 2970. The maximum Gasteiger partial charge on any atom is 0.328 e. The van der Waals surface area contributed by atoms with E-state index in [9.17, 15) is 20.1 Å². The van der Waals surface area contributed by atoms with E-state index in [0.717, 1.165) is 44.2 Å². The standard InChI is InChI=1S/C56H68N6O9/c1-7-52(67)28-33-29-55(51(66)70-6,45-37(19-23-61(31-33)32-52)36-16-11-13-18-41(36)58-45)39-26-38-43(27-44(39)69-5)60(4)48-54(38)21-24-62-22-14-20-53(8-2,47(54)62)49(64)56(48,68)50(65)59-42(46(63)71-9-3)25-34-30-57-40-17-12-10-15-35(34)40/h10-18,20,26-27,30,33,42,47-49,57-58,64,67-68H,7-9,19,21-25,28-29,31-32H2,1-6H3,(H,59,65)/t33-,42+,47+,48-,49-,52+,53-,54-,55+,56+/m1/s1. The Labute approximate surface area is 414 Å². The van der Waals surface area contributed by atoms with Crippen molar-refractivity contribution in [1.82, 2.24) is 25.1 Å². The number of likely N-dealkylation sites (N-methyl/N-ethyl adjacent to an activating group) is 1. The summed E-state index contributed by atoms with van der Waals surface area (Å²) < 4.78 is 18.0. The van der Waals surface area contributed by atoms with Crippen LogP contribution < -0.4 is 15.0 Å². The molecule has 6 aliphatic rings. The average Bonchev–Trinajstić information content (AvgIpc) is 4.15. The molecule has 15 heteroatoms. The van der Waals surface area contributed by atoms with E-state index in [1.807, 2.05) is 92.7 Å². The third kappa shape index (κ3) is 6.68. The Balaban J connectivity index is 1.12. The van der Waals surface area contributed by atoms with Gasteiger partial charge in [-0.3, -0.25) is 19.4 Å². The minimum atomic E-state index is -2.50. The fraction of sp³-hybridized carbons (Fsp3) is 0.518. The number of piperidine rings is 1. The number of ether oxygens (including phenoxy) is 3. The molecule has 1 saturated carbocycles. The molecule has 376 valence electrons. The van der Waals surface area contributed by atoms with Gasteiger partial charge in [0.2, 0.25) is 0 Å². The van der Waals surface area contributed by atoms with Crippen LogP contribution in [0.2, 0.25) is 0 Å². The van der Waals surface area contributed by atoms with Crippen LogP contribution in [-0.2, 0) is 47.5 Å². The smallest absolute Gasteiger partial charge is 0.328 e. The van der Waals surface area contributed by atoms with Gasteiger partial charge in [-0.1, -0.05) is 62.4 Å². The number of rotatable bonds is 11. The molecule has 0 unspecified atom stereocenters. The summed E-state index contributed by atoms with van der Waals surface area (Å²) >= 11 is 0. The molecule has 3 aromatic carbocycles. The molecule has 5 aromatic rings. The first kappa shape index (κ1) is 47.6. The lowest BCUT2D eigenvalue weighted by Crippen LogP contribution is -2.82.